The molecule has 2 N–H and O–H groups in total. The summed E-state index contributed by atoms with van der Waals surface area (Å²) in [5, 5.41) is 14.3. The Bertz CT molecular complexity index is 992. The summed E-state index contributed by atoms with van der Waals surface area (Å²) in [6, 6.07) is 24.0. The highest BCUT2D eigenvalue weighted by molar-refractivity contribution is 5.94. The van der Waals surface area contributed by atoms with Gasteiger partial charge in [-0.25, -0.2) is 0 Å². The molecule has 2 aromatic carbocycles. The Morgan fingerprint density at radius 1 is 1.06 bits per heavy atom. The van der Waals surface area contributed by atoms with Crippen molar-refractivity contribution in [2.24, 2.45) is 0 Å². The van der Waals surface area contributed by atoms with Crippen LogP contribution in [0.4, 0.5) is 0 Å². The summed E-state index contributed by atoms with van der Waals surface area (Å²) in [6.45, 7) is 0.634. The van der Waals surface area contributed by atoms with Crippen LogP contribution in [-0.4, -0.2) is 46.6 Å². The minimum absolute atomic E-state index is 0.0255. The number of benzene rings is 2. The summed E-state index contributed by atoms with van der Waals surface area (Å²) in [4.78, 5) is 18.8. The fraction of sp³-hybridized carbons (Fsp3) is 0.333. The van der Waals surface area contributed by atoms with Gasteiger partial charge in [0.25, 0.3) is 5.91 Å². The highest BCUT2D eigenvalue weighted by atomic mass is 16.3. The normalized spacial score (nSPS) is 18.9. The van der Waals surface area contributed by atoms with Gasteiger partial charge in [0.2, 0.25) is 0 Å². The molecule has 2 heterocycles. The van der Waals surface area contributed by atoms with E-state index in [-0.39, 0.29) is 11.9 Å². The maximum atomic E-state index is 12.7. The van der Waals surface area contributed by atoms with E-state index in [2.05, 4.69) is 10.3 Å². The Balaban J connectivity index is 1.28. The lowest BCUT2D eigenvalue weighted by Gasteiger charge is -2.20. The molecule has 3 atom stereocenters. The molecule has 166 valence electrons. The zero-order valence-corrected chi connectivity index (χ0v) is 18.5. The molecule has 1 fully saturated rings. The number of amides is 1. The van der Waals surface area contributed by atoms with Crippen molar-refractivity contribution < 1.29 is 9.90 Å². The number of rotatable bonds is 8. The van der Waals surface area contributed by atoms with E-state index >= 15 is 0 Å². The van der Waals surface area contributed by atoms with Crippen molar-refractivity contribution in [2.45, 2.75) is 43.9 Å². The molecule has 1 aromatic heterocycles. The van der Waals surface area contributed by atoms with Gasteiger partial charge in [-0.1, -0.05) is 48.5 Å². The first-order valence-corrected chi connectivity index (χ1v) is 11.3. The van der Waals surface area contributed by atoms with Crippen LogP contribution in [-0.2, 0) is 12.8 Å². The van der Waals surface area contributed by atoms with Crippen molar-refractivity contribution in [3.8, 4) is 0 Å². The van der Waals surface area contributed by atoms with Crippen LogP contribution >= 0.6 is 0 Å². The number of carbonyl (C=O) groups is 1. The van der Waals surface area contributed by atoms with E-state index in [0.717, 1.165) is 36.9 Å². The summed E-state index contributed by atoms with van der Waals surface area (Å²) in [5.41, 5.74) is 3.85. The fourth-order valence-electron chi connectivity index (χ4n) is 4.36. The first-order valence-electron chi connectivity index (χ1n) is 11.3. The van der Waals surface area contributed by atoms with Crippen LogP contribution in [0.5, 0.6) is 0 Å². The van der Waals surface area contributed by atoms with Crippen LogP contribution < -0.4 is 5.32 Å². The Morgan fingerprint density at radius 3 is 2.53 bits per heavy atom. The quantitative estimate of drug-likeness (QED) is 0.572. The Hall–Kier alpha value is -3.02. The van der Waals surface area contributed by atoms with Crippen molar-refractivity contribution >= 4 is 5.91 Å². The zero-order valence-electron chi connectivity index (χ0n) is 18.5. The maximum absolute atomic E-state index is 12.7. The van der Waals surface area contributed by atoms with Crippen LogP contribution in [0.15, 0.2) is 79.0 Å². The minimum Gasteiger partial charge on any atom is -0.387 e. The van der Waals surface area contributed by atoms with Gasteiger partial charge in [-0.05, 0) is 54.7 Å². The van der Waals surface area contributed by atoms with E-state index in [1.165, 1.54) is 5.56 Å². The maximum Gasteiger partial charge on any atom is 0.253 e. The number of hydrogen-bond acceptors (Lipinski definition) is 4. The van der Waals surface area contributed by atoms with Gasteiger partial charge in [0, 0.05) is 49.6 Å². The second-order valence-corrected chi connectivity index (χ2v) is 8.60. The Labute approximate surface area is 190 Å². The molecule has 1 saturated heterocycles. The number of nitrogens with one attached hydrogen (secondary N) is 1. The van der Waals surface area contributed by atoms with Crippen LogP contribution in [0.1, 0.15) is 46.1 Å². The molecule has 0 radical (unpaired) electrons. The van der Waals surface area contributed by atoms with Gasteiger partial charge in [-0.2, -0.15) is 0 Å². The molecule has 1 aliphatic rings. The lowest BCUT2D eigenvalue weighted by atomic mass is 10.0. The third-order valence-corrected chi connectivity index (χ3v) is 6.26. The number of nitrogens with zero attached hydrogens (tertiary/aromatic N) is 2. The highest BCUT2D eigenvalue weighted by Crippen LogP contribution is 2.26. The largest absolute Gasteiger partial charge is 0.387 e. The van der Waals surface area contributed by atoms with E-state index < -0.39 is 6.10 Å². The van der Waals surface area contributed by atoms with Crippen molar-refractivity contribution in [1.29, 1.82) is 0 Å². The molecule has 32 heavy (non-hydrogen) atoms. The molecule has 0 saturated carbocycles. The summed E-state index contributed by atoms with van der Waals surface area (Å²) in [7, 11) is 1.83. The second kappa shape index (κ2) is 10.5. The van der Waals surface area contributed by atoms with Gasteiger partial charge in [0.05, 0.1) is 6.10 Å². The molecule has 5 nitrogen and oxygen atoms in total. The van der Waals surface area contributed by atoms with Crippen LogP contribution in [0.3, 0.4) is 0 Å². The molecular formula is C27H31N3O2. The monoisotopic (exact) mass is 429 g/mol. The number of hydrogen-bond donors (Lipinski definition) is 2. The zero-order chi connectivity index (χ0) is 22.3. The van der Waals surface area contributed by atoms with Crippen LogP contribution in [0.2, 0.25) is 0 Å². The van der Waals surface area contributed by atoms with Crippen molar-refractivity contribution in [3.63, 3.8) is 0 Å². The average molecular weight is 430 g/mol. The van der Waals surface area contributed by atoms with E-state index in [0.29, 0.717) is 18.2 Å². The lowest BCUT2D eigenvalue weighted by Crippen LogP contribution is -2.35. The minimum atomic E-state index is -0.483. The highest BCUT2D eigenvalue weighted by Gasteiger charge is 2.29. The summed E-state index contributed by atoms with van der Waals surface area (Å²) in [5.74, 6) is 0.0255. The first kappa shape index (κ1) is 22.2. The van der Waals surface area contributed by atoms with Crippen LogP contribution in [0, 0.1) is 0 Å². The number of aliphatic hydroxyl groups is 1. The van der Waals surface area contributed by atoms with E-state index in [4.69, 9.17) is 0 Å². The van der Waals surface area contributed by atoms with Gasteiger partial charge in [0.1, 0.15) is 0 Å². The Kier molecular flexibility index (Phi) is 7.30. The van der Waals surface area contributed by atoms with E-state index in [9.17, 15) is 9.90 Å². The lowest BCUT2D eigenvalue weighted by molar-refractivity contribution is 0.0796. The third-order valence-electron chi connectivity index (χ3n) is 6.26. The second-order valence-electron chi connectivity index (χ2n) is 8.60. The van der Waals surface area contributed by atoms with Gasteiger partial charge in [-0.3, -0.25) is 9.78 Å². The number of aromatic nitrogens is 1. The van der Waals surface area contributed by atoms with Crippen molar-refractivity contribution in [3.05, 3.63) is 101 Å². The fourth-order valence-corrected chi connectivity index (χ4v) is 4.36. The molecule has 3 aromatic rings. The van der Waals surface area contributed by atoms with Gasteiger partial charge < -0.3 is 15.3 Å². The summed E-state index contributed by atoms with van der Waals surface area (Å²) >= 11 is 0. The molecule has 0 unspecified atom stereocenters. The molecule has 0 spiro atoms. The molecule has 4 rings (SSSR count). The van der Waals surface area contributed by atoms with Gasteiger partial charge in [0.15, 0.2) is 0 Å². The SMILES string of the molecule is CN(CCc1ccccn1)C(=O)c1ccc(C[C@@H]2CC[C@H]([C@H](O)c3ccccc3)N2)cc1. The number of aliphatic hydroxyl groups excluding tert-OH is 1. The van der Waals surface area contributed by atoms with E-state index in [1.54, 1.807) is 11.1 Å². The molecule has 0 bridgehead atoms. The molecule has 0 aliphatic carbocycles. The average Bonchev–Trinajstić information content (AvgIpc) is 3.31. The molecular weight excluding hydrogens is 398 g/mol. The number of pyridine rings is 1. The van der Waals surface area contributed by atoms with Gasteiger partial charge in [-0.15, -0.1) is 0 Å². The van der Waals surface area contributed by atoms with Gasteiger partial charge >= 0.3 is 0 Å². The number of likely N-dealkylation sites (N-methyl/N-ethyl adjacent to an activating group) is 1. The topological polar surface area (TPSA) is 65.5 Å². The number of carbonyl (C=O) groups excluding carboxylic acids is 1. The first-order chi connectivity index (χ1) is 15.6. The molecule has 1 aliphatic heterocycles. The standard InChI is InChI=1S/C27H31N3O2/c1-30(18-16-23-9-5-6-17-28-23)27(32)22-12-10-20(11-13-22)19-24-14-15-25(29-24)26(31)21-7-3-2-4-8-21/h2-13,17,24-26,29,31H,14-16,18-19H2,1H3/t24-,25+,26+/m0/s1. The third kappa shape index (κ3) is 5.61. The van der Waals surface area contributed by atoms with Crippen molar-refractivity contribution in [1.82, 2.24) is 15.2 Å². The van der Waals surface area contributed by atoms with E-state index in [1.807, 2.05) is 79.8 Å². The Morgan fingerprint density at radius 2 is 1.81 bits per heavy atom. The van der Waals surface area contributed by atoms with Crippen molar-refractivity contribution in [2.75, 3.05) is 13.6 Å². The summed E-state index contributed by atoms with van der Waals surface area (Å²) < 4.78 is 0. The predicted octanol–water partition coefficient (Wildman–Crippen LogP) is 3.79. The van der Waals surface area contributed by atoms with Crippen LogP contribution in [0.25, 0.3) is 0 Å². The molecule has 1 amide bonds. The smallest absolute Gasteiger partial charge is 0.253 e. The molecule has 5 heteroatoms. The summed E-state index contributed by atoms with van der Waals surface area (Å²) in [6.07, 6.45) is 4.92. The predicted molar refractivity (Wildman–Crippen MR) is 126 cm³/mol.